The van der Waals surface area contributed by atoms with Gasteiger partial charge in [0.2, 0.25) is 0 Å². The van der Waals surface area contributed by atoms with Crippen LogP contribution < -0.4 is 4.74 Å². The molecular formula is C25H23N3O3. The van der Waals surface area contributed by atoms with Gasteiger partial charge in [0.1, 0.15) is 5.75 Å². The molecule has 0 aliphatic heterocycles. The first-order chi connectivity index (χ1) is 15.1. The average molecular weight is 413 g/mol. The average Bonchev–Trinajstić information content (AvgIpc) is 3.48. The molecule has 0 saturated heterocycles. The minimum atomic E-state index is -0.868. The first-order valence-corrected chi connectivity index (χ1v) is 10.5. The Hall–Kier alpha value is -3.67. The van der Waals surface area contributed by atoms with Crippen LogP contribution in [0.25, 0.3) is 28.2 Å². The third kappa shape index (κ3) is 3.54. The van der Waals surface area contributed by atoms with E-state index >= 15 is 0 Å². The van der Waals surface area contributed by atoms with Crippen LogP contribution in [-0.4, -0.2) is 32.8 Å². The van der Waals surface area contributed by atoms with E-state index in [1.807, 2.05) is 53.0 Å². The minimum Gasteiger partial charge on any atom is -0.497 e. The lowest BCUT2D eigenvalue weighted by Gasteiger charge is -2.15. The fourth-order valence-electron chi connectivity index (χ4n) is 4.53. The molecule has 0 bridgehead atoms. The maximum absolute atomic E-state index is 11.8. The fourth-order valence-corrected chi connectivity index (χ4v) is 4.53. The predicted molar refractivity (Wildman–Crippen MR) is 119 cm³/mol. The zero-order valence-electron chi connectivity index (χ0n) is 17.3. The Morgan fingerprint density at radius 1 is 1.06 bits per heavy atom. The normalized spacial score (nSPS) is 14.2. The van der Waals surface area contributed by atoms with Crippen LogP contribution in [0, 0.1) is 0 Å². The van der Waals surface area contributed by atoms with E-state index in [2.05, 4.69) is 4.98 Å². The lowest BCUT2D eigenvalue weighted by Crippen LogP contribution is -2.06. The van der Waals surface area contributed by atoms with Gasteiger partial charge in [-0.15, -0.1) is 0 Å². The summed E-state index contributed by atoms with van der Waals surface area (Å²) in [6.07, 6.45) is 6.14. The molecule has 2 aromatic carbocycles. The van der Waals surface area contributed by atoms with Crippen molar-refractivity contribution in [3.8, 4) is 28.3 Å². The second-order valence-corrected chi connectivity index (χ2v) is 7.95. The van der Waals surface area contributed by atoms with Gasteiger partial charge in [0.15, 0.2) is 5.65 Å². The molecule has 2 aromatic heterocycles. The van der Waals surface area contributed by atoms with Gasteiger partial charge in [0.05, 0.1) is 24.1 Å². The molecule has 1 saturated carbocycles. The fraction of sp³-hybridized carbons (Fsp3) is 0.240. The SMILES string of the molecule is COc1cccc(-c2cc3nccc(-c4ccc(C(=O)O)c(C5CCCC5)c4)n3n2)c1. The monoisotopic (exact) mass is 413 g/mol. The summed E-state index contributed by atoms with van der Waals surface area (Å²) in [5.74, 6) is 0.203. The number of aromatic nitrogens is 3. The van der Waals surface area contributed by atoms with Gasteiger partial charge in [-0.25, -0.2) is 14.3 Å². The first-order valence-electron chi connectivity index (χ1n) is 10.5. The lowest BCUT2D eigenvalue weighted by atomic mass is 9.90. The van der Waals surface area contributed by atoms with Crippen LogP contribution in [0.3, 0.4) is 0 Å². The van der Waals surface area contributed by atoms with Gasteiger partial charge < -0.3 is 9.84 Å². The van der Waals surface area contributed by atoms with E-state index in [9.17, 15) is 9.90 Å². The molecule has 0 amide bonds. The number of benzene rings is 2. The minimum absolute atomic E-state index is 0.299. The molecule has 0 unspecified atom stereocenters. The maximum Gasteiger partial charge on any atom is 0.335 e. The van der Waals surface area contributed by atoms with Crippen LogP contribution in [0.15, 0.2) is 60.8 Å². The van der Waals surface area contributed by atoms with Crippen molar-refractivity contribution < 1.29 is 14.6 Å². The van der Waals surface area contributed by atoms with Crippen molar-refractivity contribution in [2.45, 2.75) is 31.6 Å². The van der Waals surface area contributed by atoms with Crippen LogP contribution in [0.1, 0.15) is 47.5 Å². The number of rotatable bonds is 5. The van der Waals surface area contributed by atoms with Crippen molar-refractivity contribution in [1.82, 2.24) is 14.6 Å². The third-order valence-electron chi connectivity index (χ3n) is 6.10. The molecule has 6 heteroatoms. The molecule has 1 N–H and O–H groups in total. The summed E-state index contributed by atoms with van der Waals surface area (Å²) in [4.78, 5) is 16.3. The standard InChI is InChI=1S/C25H23N3O3/c1-31-19-8-4-7-17(13-19)22-15-24-26-12-11-23(28(24)27-22)18-9-10-20(25(29)30)21(14-18)16-5-2-3-6-16/h4,7-16H,2-3,5-6H2,1H3,(H,29,30). The summed E-state index contributed by atoms with van der Waals surface area (Å²) in [7, 11) is 1.64. The summed E-state index contributed by atoms with van der Waals surface area (Å²) in [5.41, 5.74) is 5.64. The van der Waals surface area contributed by atoms with E-state index in [4.69, 9.17) is 9.84 Å². The first kappa shape index (κ1) is 19.3. The number of carbonyl (C=O) groups is 1. The number of carboxylic acid groups (broad SMARTS) is 1. The summed E-state index contributed by atoms with van der Waals surface area (Å²) < 4.78 is 7.16. The van der Waals surface area contributed by atoms with Crippen molar-refractivity contribution in [2.75, 3.05) is 7.11 Å². The largest absolute Gasteiger partial charge is 0.497 e. The van der Waals surface area contributed by atoms with E-state index in [1.54, 1.807) is 19.4 Å². The molecule has 1 fully saturated rings. The van der Waals surface area contributed by atoms with E-state index in [1.165, 1.54) is 0 Å². The highest BCUT2D eigenvalue weighted by molar-refractivity contribution is 5.90. The Morgan fingerprint density at radius 3 is 2.68 bits per heavy atom. The summed E-state index contributed by atoms with van der Waals surface area (Å²) in [6, 6.07) is 17.3. The maximum atomic E-state index is 11.8. The summed E-state index contributed by atoms with van der Waals surface area (Å²) in [6.45, 7) is 0. The highest BCUT2D eigenvalue weighted by Gasteiger charge is 2.23. The molecule has 1 aliphatic carbocycles. The van der Waals surface area contributed by atoms with Gasteiger partial charge in [0, 0.05) is 23.4 Å². The predicted octanol–water partition coefficient (Wildman–Crippen LogP) is 5.43. The number of hydrogen-bond donors (Lipinski definition) is 1. The topological polar surface area (TPSA) is 76.7 Å². The van der Waals surface area contributed by atoms with Crippen molar-refractivity contribution in [2.24, 2.45) is 0 Å². The van der Waals surface area contributed by atoms with Crippen LogP contribution in [0.2, 0.25) is 0 Å². The van der Waals surface area contributed by atoms with Gasteiger partial charge in [-0.05, 0) is 54.7 Å². The molecular weight excluding hydrogens is 390 g/mol. The lowest BCUT2D eigenvalue weighted by molar-refractivity contribution is 0.0695. The molecule has 0 atom stereocenters. The zero-order chi connectivity index (χ0) is 21.4. The molecule has 0 spiro atoms. The molecule has 2 heterocycles. The van der Waals surface area contributed by atoms with E-state index in [0.29, 0.717) is 11.5 Å². The number of hydrogen-bond acceptors (Lipinski definition) is 4. The quantitative estimate of drug-likeness (QED) is 0.472. The summed E-state index contributed by atoms with van der Waals surface area (Å²) in [5, 5.41) is 14.5. The number of nitrogens with zero attached hydrogens (tertiary/aromatic N) is 3. The molecule has 31 heavy (non-hydrogen) atoms. The second-order valence-electron chi connectivity index (χ2n) is 7.95. The van der Waals surface area contributed by atoms with Crippen LogP contribution in [0.5, 0.6) is 5.75 Å². The summed E-state index contributed by atoms with van der Waals surface area (Å²) >= 11 is 0. The van der Waals surface area contributed by atoms with Gasteiger partial charge in [-0.2, -0.15) is 5.10 Å². The van der Waals surface area contributed by atoms with Gasteiger partial charge in [0.25, 0.3) is 0 Å². The van der Waals surface area contributed by atoms with Gasteiger partial charge >= 0.3 is 5.97 Å². The molecule has 6 nitrogen and oxygen atoms in total. The molecule has 4 aromatic rings. The molecule has 5 rings (SSSR count). The van der Waals surface area contributed by atoms with E-state index in [-0.39, 0.29) is 0 Å². The second kappa shape index (κ2) is 7.87. The van der Waals surface area contributed by atoms with Crippen molar-refractivity contribution in [1.29, 1.82) is 0 Å². The van der Waals surface area contributed by atoms with Crippen LogP contribution in [-0.2, 0) is 0 Å². The Kier molecular flexibility index (Phi) is 4.90. The number of methoxy groups -OCH3 is 1. The van der Waals surface area contributed by atoms with Gasteiger partial charge in [-0.3, -0.25) is 0 Å². The Bertz CT molecular complexity index is 1270. The van der Waals surface area contributed by atoms with E-state index in [0.717, 1.165) is 65.2 Å². The molecule has 156 valence electrons. The Morgan fingerprint density at radius 2 is 1.90 bits per heavy atom. The van der Waals surface area contributed by atoms with Crippen molar-refractivity contribution in [3.05, 3.63) is 71.9 Å². The van der Waals surface area contributed by atoms with Crippen molar-refractivity contribution >= 4 is 11.6 Å². The highest BCUT2D eigenvalue weighted by Crippen LogP contribution is 2.38. The van der Waals surface area contributed by atoms with E-state index < -0.39 is 5.97 Å². The number of ether oxygens (including phenoxy) is 1. The number of fused-ring (bicyclic) bond motifs is 1. The smallest absolute Gasteiger partial charge is 0.335 e. The number of aromatic carboxylic acids is 1. The Balaban J connectivity index is 1.62. The molecule has 0 radical (unpaired) electrons. The van der Waals surface area contributed by atoms with Crippen LogP contribution in [0.4, 0.5) is 0 Å². The molecule has 1 aliphatic rings. The Labute approximate surface area is 180 Å². The third-order valence-corrected chi connectivity index (χ3v) is 6.10. The number of carboxylic acids is 1. The highest BCUT2D eigenvalue weighted by atomic mass is 16.5. The zero-order valence-corrected chi connectivity index (χ0v) is 17.3. The van der Waals surface area contributed by atoms with Crippen molar-refractivity contribution in [3.63, 3.8) is 0 Å². The van der Waals surface area contributed by atoms with Gasteiger partial charge in [-0.1, -0.05) is 31.0 Å². The van der Waals surface area contributed by atoms with Crippen LogP contribution >= 0.6 is 0 Å².